The van der Waals surface area contributed by atoms with E-state index in [1.807, 2.05) is 115 Å². The minimum absolute atomic E-state index is 0.0146. The molecule has 0 aliphatic rings. The first-order valence-corrected chi connectivity index (χ1v) is 29.3. The number of aromatic carboxylic acids is 2. The summed E-state index contributed by atoms with van der Waals surface area (Å²) in [5, 5.41) is 51.4. The first-order chi connectivity index (χ1) is 40.0. The molecule has 85 heavy (non-hydrogen) atoms. The summed E-state index contributed by atoms with van der Waals surface area (Å²) in [5.74, 6) is -6.94. The molecule has 450 valence electrons. The van der Waals surface area contributed by atoms with Crippen LogP contribution in [-0.4, -0.2) is 63.6 Å². The molecule has 0 atom stereocenters. The van der Waals surface area contributed by atoms with Crippen LogP contribution in [0.25, 0.3) is 0 Å². The number of nitrogens with zero attached hydrogens (tertiary/aromatic N) is 1. The molecule has 12 nitrogen and oxygen atoms in total. The maximum Gasteiger partial charge on any atom is 0.340 e. The van der Waals surface area contributed by atoms with Gasteiger partial charge in [-0.1, -0.05) is 43.3 Å². The number of hydrogen-bond acceptors (Lipinski definition) is 10. The number of ether oxygens (including phenoxy) is 2. The second kappa shape index (κ2) is 40.9. The van der Waals surface area contributed by atoms with E-state index >= 15 is 0 Å². The molecule has 0 aromatic heterocycles. The van der Waals surface area contributed by atoms with Crippen LogP contribution in [0.15, 0.2) is 152 Å². The molecule has 0 bridgehead atoms. The Kier molecular flexibility index (Phi) is 36.9. The molecule has 0 fully saturated rings. The third-order valence-electron chi connectivity index (χ3n) is 10.2. The molecule has 8 rings (SSSR count). The molecule has 0 spiro atoms. The number of phenolic OH excluding ortho intramolecular Hbond substituents is 3. The molecule has 0 heterocycles. The van der Waals surface area contributed by atoms with Crippen LogP contribution in [0, 0.1) is 83.8 Å². The van der Waals surface area contributed by atoms with Crippen LogP contribution < -0.4 is 0 Å². The van der Waals surface area contributed by atoms with E-state index in [0.29, 0.717) is 31.6 Å². The number of phenols is 3. The monoisotopic (exact) mass is 1740 g/mol. The highest BCUT2D eigenvalue weighted by molar-refractivity contribution is 14.1. The maximum atomic E-state index is 13.1. The first-order valence-electron chi connectivity index (χ1n) is 23.9. The van der Waals surface area contributed by atoms with Gasteiger partial charge in [0.25, 0.3) is 0 Å². The molecule has 0 saturated carbocycles. The van der Waals surface area contributed by atoms with Gasteiger partial charge >= 0.3 is 23.9 Å². The van der Waals surface area contributed by atoms with Gasteiger partial charge in [-0.25, -0.2) is 45.1 Å². The SMILES string of the molecule is CCc1cccc(O)c1.COC(=O)Cc1ccc(I)cc1F.COC(=O)c1ccc(I)cc1F.Cc1ccc(I)cc1F.Cc1ccc(O)cc1F.N#CCc1ccc(I)cc1F.O=C(O)c1ccc(I)cc1F.O=C(O)c1ccc(O)cc1F. The van der Waals surface area contributed by atoms with Crippen molar-refractivity contribution in [1.29, 1.82) is 5.26 Å². The number of carbonyl (C=O) groups is 4. The quantitative estimate of drug-likeness (QED) is 0.0573. The Morgan fingerprint density at radius 1 is 0.459 bits per heavy atom. The van der Waals surface area contributed by atoms with E-state index in [9.17, 15) is 49.9 Å². The predicted octanol–water partition coefficient (Wildman–Crippen LogP) is 16.8. The lowest BCUT2D eigenvalue weighted by Gasteiger charge is -2.01. The van der Waals surface area contributed by atoms with Crippen LogP contribution in [0.5, 0.6) is 17.2 Å². The summed E-state index contributed by atoms with van der Waals surface area (Å²) >= 11 is 10.00. The third kappa shape index (κ3) is 31.1. The molecule has 5 N–H and O–H groups in total. The molecule has 8 aromatic carbocycles. The van der Waals surface area contributed by atoms with Gasteiger partial charge in [0.05, 0.1) is 49.8 Å². The minimum Gasteiger partial charge on any atom is -0.508 e. The van der Waals surface area contributed by atoms with E-state index in [4.69, 9.17) is 30.8 Å². The van der Waals surface area contributed by atoms with E-state index in [2.05, 4.69) is 39.0 Å². The van der Waals surface area contributed by atoms with E-state index in [0.717, 1.165) is 45.0 Å². The number of nitriles is 1. The van der Waals surface area contributed by atoms with Crippen LogP contribution in [0.4, 0.5) is 30.7 Å². The summed E-state index contributed by atoms with van der Waals surface area (Å²) in [6.45, 7) is 5.47. The third-order valence-corrected chi connectivity index (χ3v) is 13.5. The number of hydrogen-bond donors (Lipinski definition) is 5. The maximum absolute atomic E-state index is 13.1. The van der Waals surface area contributed by atoms with Crippen molar-refractivity contribution in [3.05, 3.63) is 255 Å². The Bertz CT molecular complexity index is 3440. The number of aromatic hydroxyl groups is 3. The van der Waals surface area contributed by atoms with Crippen molar-refractivity contribution in [3.8, 4) is 23.3 Å². The molecule has 0 radical (unpaired) electrons. The highest BCUT2D eigenvalue weighted by atomic mass is 127. The number of esters is 2. The molecule has 24 heteroatoms. The molecule has 0 unspecified atom stereocenters. The molecular weight excluding hydrogens is 1690 g/mol. The van der Waals surface area contributed by atoms with Gasteiger partial charge in [0.2, 0.25) is 0 Å². The summed E-state index contributed by atoms with van der Waals surface area (Å²) in [7, 11) is 2.51. The first kappa shape index (κ1) is 76.7. The van der Waals surface area contributed by atoms with Crippen molar-refractivity contribution < 1.29 is 84.9 Å². The van der Waals surface area contributed by atoms with Crippen LogP contribution in [-0.2, 0) is 33.5 Å². The fourth-order valence-corrected chi connectivity index (χ4v) is 7.94. The van der Waals surface area contributed by atoms with Gasteiger partial charge in [-0.2, -0.15) is 5.26 Å². The predicted molar refractivity (Wildman–Crippen MR) is 349 cm³/mol. The summed E-state index contributed by atoms with van der Waals surface area (Å²) in [5.41, 5.74) is 2.50. The Morgan fingerprint density at radius 3 is 1.18 bits per heavy atom. The van der Waals surface area contributed by atoms with Gasteiger partial charge in [-0.15, -0.1) is 0 Å². The van der Waals surface area contributed by atoms with Gasteiger partial charge in [-0.05, 0) is 259 Å². The zero-order valence-electron chi connectivity index (χ0n) is 45.2. The van der Waals surface area contributed by atoms with E-state index in [-0.39, 0.29) is 58.7 Å². The summed E-state index contributed by atoms with van der Waals surface area (Å²) in [6, 6.07) is 39.3. The van der Waals surface area contributed by atoms with Crippen LogP contribution in [0.2, 0.25) is 0 Å². The summed E-state index contributed by atoms with van der Waals surface area (Å²) in [6.07, 6.45) is 1.11. The highest BCUT2D eigenvalue weighted by Gasteiger charge is 2.13. The van der Waals surface area contributed by atoms with Gasteiger partial charge < -0.3 is 35.0 Å². The second-order valence-corrected chi connectivity index (χ2v) is 22.7. The van der Waals surface area contributed by atoms with Crippen molar-refractivity contribution in [1.82, 2.24) is 0 Å². The van der Waals surface area contributed by atoms with Crippen molar-refractivity contribution in [3.63, 3.8) is 0 Å². The molecule has 8 aromatic rings. The van der Waals surface area contributed by atoms with E-state index in [1.54, 1.807) is 68.4 Å². The van der Waals surface area contributed by atoms with Crippen LogP contribution in [0.1, 0.15) is 65.8 Å². The average molecular weight is 1740 g/mol. The zero-order valence-corrected chi connectivity index (χ0v) is 56.0. The fraction of sp³-hybridized carbons (Fsp3) is 0.131. The smallest absolute Gasteiger partial charge is 0.340 e. The summed E-state index contributed by atoms with van der Waals surface area (Å²) in [4.78, 5) is 42.2. The van der Waals surface area contributed by atoms with Gasteiger partial charge in [0, 0.05) is 35.5 Å². The average Bonchev–Trinajstić information content (AvgIpc) is 3.63. The van der Waals surface area contributed by atoms with Gasteiger partial charge in [-0.3, -0.25) is 4.79 Å². The van der Waals surface area contributed by atoms with Crippen molar-refractivity contribution in [2.24, 2.45) is 0 Å². The number of carboxylic acid groups (broad SMARTS) is 2. The van der Waals surface area contributed by atoms with Gasteiger partial charge in [0.15, 0.2) is 0 Å². The molecule has 0 amide bonds. The number of methoxy groups -OCH3 is 2. The van der Waals surface area contributed by atoms with Crippen LogP contribution in [0.3, 0.4) is 0 Å². The number of benzene rings is 8. The van der Waals surface area contributed by atoms with E-state index in [1.165, 1.54) is 74.4 Å². The minimum atomic E-state index is -1.34. The number of carboxylic acids is 2. The van der Waals surface area contributed by atoms with Crippen molar-refractivity contribution in [2.45, 2.75) is 40.0 Å². The molecular formula is C61H51F7I5NO11. The van der Waals surface area contributed by atoms with Crippen molar-refractivity contribution in [2.75, 3.05) is 14.2 Å². The fourth-order valence-electron chi connectivity index (χ4n) is 5.67. The molecule has 0 aliphatic carbocycles. The Labute approximate surface area is 553 Å². The topological polar surface area (TPSA) is 212 Å². The lowest BCUT2D eigenvalue weighted by molar-refractivity contribution is -0.139. The normalized spacial score (nSPS) is 9.55. The van der Waals surface area contributed by atoms with E-state index < -0.39 is 46.9 Å². The standard InChI is InChI=1S/C9H8FIO2.C8H5FIN.C8H6FIO2.C8H10O.C7H4FIO2.C7H6FI.C7H5FO3.C7H7FO/c1-13-9(12)4-6-2-3-7(11)5-8(6)10;9-8-5-7(10)2-1-6(8)3-4-11;1-12-8(11)6-3-2-5(10)4-7(6)9;1-2-7-4-3-5-8(9)6-7;8-6-3-4(9)1-2-5(6)7(10)11;1-5-2-3-6(9)4-7(5)8;8-6-3-4(9)1-2-5(6)7(10)11;1-5-2-3-6(9)4-7(5)8/h2-3,5H,4H2,1H3;1-2,5H,3H2;2-4H,1H3;3-6,9H,2H2,1H3;1-3H,(H,10,11);2-4H,1H3;1-3,9H,(H,10,11);2-4,9H,1H3. The highest BCUT2D eigenvalue weighted by Crippen LogP contribution is 2.18. The Balaban J connectivity index is 0.000000487. The zero-order chi connectivity index (χ0) is 64.5. The molecule has 0 aliphatic heterocycles. The number of aryl methyl sites for hydroxylation is 3. The Morgan fingerprint density at radius 2 is 0.824 bits per heavy atom. The number of carbonyl (C=O) groups excluding carboxylic acids is 2. The second-order valence-electron chi connectivity index (χ2n) is 16.4. The lowest BCUT2D eigenvalue weighted by atomic mass is 10.1. The number of rotatable bonds is 7. The largest absolute Gasteiger partial charge is 0.508 e. The van der Waals surface area contributed by atoms with Gasteiger partial charge in [0.1, 0.15) is 58.0 Å². The van der Waals surface area contributed by atoms with Crippen LogP contribution >= 0.6 is 113 Å². The Hall–Kier alpha value is -6.31. The lowest BCUT2D eigenvalue weighted by Crippen LogP contribution is -2.06. The van der Waals surface area contributed by atoms with Crippen molar-refractivity contribution >= 4 is 137 Å². The number of halogens is 12. The molecule has 0 saturated heterocycles. The summed E-state index contributed by atoms with van der Waals surface area (Å²) < 4.78 is 102.